The Hall–Kier alpha value is -1.82. The first-order valence-corrected chi connectivity index (χ1v) is 7.27. The highest BCUT2D eigenvalue weighted by molar-refractivity contribution is 5.93. The lowest BCUT2D eigenvalue weighted by atomic mass is 10.1. The highest BCUT2D eigenvalue weighted by Gasteiger charge is 2.48. The predicted molar refractivity (Wildman–Crippen MR) is 74.9 cm³/mol. The lowest BCUT2D eigenvalue weighted by Crippen LogP contribution is -2.40. The smallest absolute Gasteiger partial charge is 0.289 e. The molecule has 2 atom stereocenters. The molecule has 2 aliphatic rings. The molecule has 3 rings (SSSR count). The van der Waals surface area contributed by atoms with E-state index in [9.17, 15) is 9.59 Å². The van der Waals surface area contributed by atoms with Crippen molar-refractivity contribution in [2.45, 2.75) is 31.8 Å². The van der Waals surface area contributed by atoms with Gasteiger partial charge in [-0.1, -0.05) is 0 Å². The Morgan fingerprint density at radius 3 is 2.90 bits per heavy atom. The van der Waals surface area contributed by atoms with E-state index in [2.05, 4.69) is 0 Å². The van der Waals surface area contributed by atoms with Crippen molar-refractivity contribution in [2.75, 3.05) is 26.8 Å². The zero-order valence-electron chi connectivity index (χ0n) is 12.4. The number of fused-ring (bicyclic) bond motifs is 1. The molecule has 0 aromatic carbocycles. The average Bonchev–Trinajstić information content (AvgIpc) is 3.12. The number of furan rings is 1. The minimum Gasteiger partial charge on any atom is -0.456 e. The lowest BCUT2D eigenvalue weighted by molar-refractivity contribution is -0.129. The van der Waals surface area contributed by atoms with Crippen molar-refractivity contribution in [1.29, 1.82) is 0 Å². The van der Waals surface area contributed by atoms with Crippen molar-refractivity contribution in [3.05, 3.63) is 23.7 Å². The molecule has 0 bridgehead atoms. The number of carbonyl (C=O) groups excluding carboxylic acids is 2. The summed E-state index contributed by atoms with van der Waals surface area (Å²) in [7, 11) is 1.63. The third-order valence-electron chi connectivity index (χ3n) is 4.36. The van der Waals surface area contributed by atoms with E-state index < -0.39 is 0 Å². The first-order valence-electron chi connectivity index (χ1n) is 7.27. The maximum Gasteiger partial charge on any atom is 0.289 e. The molecule has 6 heteroatoms. The maximum absolute atomic E-state index is 12.5. The Balaban J connectivity index is 1.73. The van der Waals surface area contributed by atoms with Gasteiger partial charge in [-0.25, -0.2) is 0 Å². The van der Waals surface area contributed by atoms with Crippen LogP contribution in [0.4, 0.5) is 0 Å². The second kappa shape index (κ2) is 5.52. The molecule has 1 aromatic heterocycles. The summed E-state index contributed by atoms with van der Waals surface area (Å²) in [6, 6.07) is 3.57. The maximum atomic E-state index is 12.5. The second-order valence-corrected chi connectivity index (χ2v) is 5.62. The van der Waals surface area contributed by atoms with Gasteiger partial charge in [0.15, 0.2) is 5.76 Å². The van der Waals surface area contributed by atoms with Crippen molar-refractivity contribution >= 4 is 11.8 Å². The fraction of sp³-hybridized carbons (Fsp3) is 0.600. The zero-order chi connectivity index (χ0) is 15.0. The molecule has 2 fully saturated rings. The summed E-state index contributed by atoms with van der Waals surface area (Å²) in [6.07, 6.45) is 1.23. The molecule has 0 spiro atoms. The molecule has 0 N–H and O–H groups in total. The van der Waals surface area contributed by atoms with Gasteiger partial charge >= 0.3 is 0 Å². The molecule has 0 saturated carbocycles. The van der Waals surface area contributed by atoms with Gasteiger partial charge in [0.25, 0.3) is 5.91 Å². The average molecular weight is 292 g/mol. The summed E-state index contributed by atoms with van der Waals surface area (Å²) in [5.74, 6) is 1.07. The van der Waals surface area contributed by atoms with Crippen molar-refractivity contribution in [2.24, 2.45) is 0 Å². The van der Waals surface area contributed by atoms with Crippen LogP contribution in [-0.4, -0.2) is 60.5 Å². The first-order chi connectivity index (χ1) is 10.1. The molecule has 0 radical (unpaired) electrons. The number of nitrogens with zero attached hydrogens (tertiary/aromatic N) is 2. The molecule has 2 saturated heterocycles. The van der Waals surface area contributed by atoms with Crippen LogP contribution in [0.5, 0.6) is 0 Å². The Morgan fingerprint density at radius 1 is 1.43 bits per heavy atom. The molecule has 6 nitrogen and oxygen atoms in total. The number of ether oxygens (including phenoxy) is 1. The standard InChI is InChI=1S/C15H20N2O4/c1-10-3-4-13(21-10)15(19)17-6-5-11-12(17)9-14(18)16(11)7-8-20-2/h3-4,11-12H,5-9H2,1-2H3/t11-,12+/m1/s1. The monoisotopic (exact) mass is 292 g/mol. The van der Waals surface area contributed by atoms with Crippen molar-refractivity contribution < 1.29 is 18.7 Å². The number of carbonyl (C=O) groups is 2. The highest BCUT2D eigenvalue weighted by atomic mass is 16.5. The number of amides is 2. The SMILES string of the molecule is COCCN1C(=O)C[C@H]2[C@H]1CCN2C(=O)c1ccc(C)o1. The van der Waals surface area contributed by atoms with Crippen LogP contribution in [0.3, 0.4) is 0 Å². The minimum atomic E-state index is -0.114. The molecule has 2 aliphatic heterocycles. The van der Waals surface area contributed by atoms with E-state index in [0.29, 0.717) is 31.9 Å². The molecule has 3 heterocycles. The van der Waals surface area contributed by atoms with Crippen molar-refractivity contribution in [3.8, 4) is 0 Å². The number of rotatable bonds is 4. The van der Waals surface area contributed by atoms with Gasteiger partial charge in [0.2, 0.25) is 5.91 Å². The summed E-state index contributed by atoms with van der Waals surface area (Å²) in [4.78, 5) is 28.3. The minimum absolute atomic E-state index is 0.0349. The summed E-state index contributed by atoms with van der Waals surface area (Å²) in [6.45, 7) is 3.61. The Morgan fingerprint density at radius 2 is 2.24 bits per heavy atom. The third-order valence-corrected chi connectivity index (χ3v) is 4.36. The van der Waals surface area contributed by atoms with Gasteiger partial charge in [0.1, 0.15) is 5.76 Å². The van der Waals surface area contributed by atoms with E-state index >= 15 is 0 Å². The normalized spacial score (nSPS) is 24.8. The number of likely N-dealkylation sites (tertiary alicyclic amines) is 2. The van der Waals surface area contributed by atoms with Crippen LogP contribution < -0.4 is 0 Å². The molecular weight excluding hydrogens is 272 g/mol. The largest absolute Gasteiger partial charge is 0.456 e. The zero-order valence-corrected chi connectivity index (χ0v) is 12.4. The summed E-state index contributed by atoms with van der Waals surface area (Å²) < 4.78 is 10.5. The lowest BCUT2D eigenvalue weighted by Gasteiger charge is -2.24. The van der Waals surface area contributed by atoms with Crippen LogP contribution in [0.15, 0.2) is 16.5 Å². The van der Waals surface area contributed by atoms with E-state index in [4.69, 9.17) is 9.15 Å². The van der Waals surface area contributed by atoms with Gasteiger partial charge in [-0.05, 0) is 25.5 Å². The van der Waals surface area contributed by atoms with Gasteiger partial charge in [-0.3, -0.25) is 9.59 Å². The van der Waals surface area contributed by atoms with Crippen LogP contribution in [-0.2, 0) is 9.53 Å². The highest BCUT2D eigenvalue weighted by Crippen LogP contribution is 2.33. The van der Waals surface area contributed by atoms with E-state index in [-0.39, 0.29) is 23.9 Å². The predicted octanol–water partition coefficient (Wildman–Crippen LogP) is 1.05. The van der Waals surface area contributed by atoms with E-state index in [1.807, 2.05) is 11.8 Å². The van der Waals surface area contributed by atoms with Gasteiger partial charge in [0, 0.05) is 26.6 Å². The number of hydrogen-bond donors (Lipinski definition) is 0. The summed E-state index contributed by atoms with van der Waals surface area (Å²) in [5.41, 5.74) is 0. The Bertz CT molecular complexity index is 554. The van der Waals surface area contributed by atoms with Gasteiger partial charge in [-0.2, -0.15) is 0 Å². The molecule has 21 heavy (non-hydrogen) atoms. The van der Waals surface area contributed by atoms with Gasteiger partial charge in [0.05, 0.1) is 18.7 Å². The quantitative estimate of drug-likeness (QED) is 0.832. The van der Waals surface area contributed by atoms with Gasteiger partial charge < -0.3 is 19.0 Å². The second-order valence-electron chi connectivity index (χ2n) is 5.62. The fourth-order valence-corrected chi connectivity index (χ4v) is 3.35. The molecule has 2 amide bonds. The van der Waals surface area contributed by atoms with Crippen LogP contribution in [0.25, 0.3) is 0 Å². The Kier molecular flexibility index (Phi) is 3.71. The summed E-state index contributed by atoms with van der Waals surface area (Å²) in [5, 5.41) is 0. The van der Waals surface area contributed by atoms with E-state index in [1.165, 1.54) is 0 Å². The topological polar surface area (TPSA) is 63.0 Å². The first kappa shape index (κ1) is 14.1. The van der Waals surface area contributed by atoms with E-state index in [1.54, 1.807) is 24.1 Å². The van der Waals surface area contributed by atoms with Crippen molar-refractivity contribution in [3.63, 3.8) is 0 Å². The van der Waals surface area contributed by atoms with Crippen LogP contribution in [0, 0.1) is 6.92 Å². The number of hydrogen-bond acceptors (Lipinski definition) is 4. The number of methoxy groups -OCH3 is 1. The molecular formula is C15H20N2O4. The van der Waals surface area contributed by atoms with E-state index in [0.717, 1.165) is 12.2 Å². The van der Waals surface area contributed by atoms with Crippen LogP contribution in [0.2, 0.25) is 0 Å². The Labute approximate surface area is 123 Å². The fourth-order valence-electron chi connectivity index (χ4n) is 3.35. The van der Waals surface area contributed by atoms with Gasteiger partial charge in [-0.15, -0.1) is 0 Å². The number of aryl methyl sites for hydroxylation is 1. The van der Waals surface area contributed by atoms with Crippen LogP contribution in [0.1, 0.15) is 29.2 Å². The molecule has 0 aliphatic carbocycles. The molecule has 0 unspecified atom stereocenters. The molecule has 1 aromatic rings. The summed E-state index contributed by atoms with van der Waals surface area (Å²) >= 11 is 0. The van der Waals surface area contributed by atoms with Crippen LogP contribution >= 0.6 is 0 Å². The molecule has 114 valence electrons. The third kappa shape index (κ3) is 2.44. The van der Waals surface area contributed by atoms with Crippen molar-refractivity contribution in [1.82, 2.24) is 9.80 Å².